The predicted molar refractivity (Wildman–Crippen MR) is 77.2 cm³/mol. The van der Waals surface area contributed by atoms with Crippen molar-refractivity contribution in [3.63, 3.8) is 0 Å². The molecule has 0 radical (unpaired) electrons. The van der Waals surface area contributed by atoms with Crippen LogP contribution in [0.25, 0.3) is 0 Å². The molecule has 18 heavy (non-hydrogen) atoms. The first-order valence-electron chi connectivity index (χ1n) is 6.68. The summed E-state index contributed by atoms with van der Waals surface area (Å²) in [6.45, 7) is 0. The second-order valence-corrected chi connectivity index (χ2v) is 5.04. The number of hydrogen-bond acceptors (Lipinski definition) is 3. The molecule has 0 aromatic heterocycles. The Morgan fingerprint density at radius 2 is 1.72 bits per heavy atom. The van der Waals surface area contributed by atoms with Gasteiger partial charge in [-0.25, -0.2) is 4.99 Å². The molecule has 2 rings (SSSR count). The van der Waals surface area contributed by atoms with Crippen molar-refractivity contribution in [1.82, 2.24) is 0 Å². The van der Waals surface area contributed by atoms with E-state index in [1.165, 1.54) is 37.8 Å². The summed E-state index contributed by atoms with van der Waals surface area (Å²) < 4.78 is 0. The molecule has 0 saturated heterocycles. The third kappa shape index (κ3) is 3.71. The number of aliphatic imine (C=N–C) groups is 2. The van der Waals surface area contributed by atoms with E-state index < -0.39 is 0 Å². The van der Waals surface area contributed by atoms with Gasteiger partial charge in [0.1, 0.15) is 0 Å². The number of rotatable bonds is 3. The predicted octanol–water partition coefficient (Wildman–Crippen LogP) is 3.89. The van der Waals surface area contributed by atoms with Crippen LogP contribution in [-0.4, -0.2) is 26.1 Å². The molecule has 0 unspecified atom stereocenters. The molecule has 0 atom stereocenters. The Morgan fingerprint density at radius 1 is 1.06 bits per heavy atom. The normalized spacial score (nSPS) is 15.9. The lowest BCUT2D eigenvalue weighted by Crippen LogP contribution is -2.08. The quantitative estimate of drug-likeness (QED) is 0.740. The highest BCUT2D eigenvalue weighted by Gasteiger charge is 2.10. The lowest BCUT2D eigenvalue weighted by molar-refractivity contribution is 0.444. The first-order valence-corrected chi connectivity index (χ1v) is 6.68. The van der Waals surface area contributed by atoms with Gasteiger partial charge in [-0.3, -0.25) is 0 Å². The summed E-state index contributed by atoms with van der Waals surface area (Å²) in [6.07, 6.45) is 6.35. The molecular formula is C15H21N3. The minimum atomic E-state index is 0.448. The van der Waals surface area contributed by atoms with Gasteiger partial charge >= 0.3 is 0 Å². The van der Waals surface area contributed by atoms with E-state index in [2.05, 4.69) is 33.0 Å². The van der Waals surface area contributed by atoms with E-state index >= 15 is 0 Å². The zero-order valence-electron chi connectivity index (χ0n) is 11.3. The lowest BCUT2D eigenvalue weighted by atomic mass is 9.96. The molecule has 1 aromatic rings. The van der Waals surface area contributed by atoms with Gasteiger partial charge in [0.25, 0.3) is 0 Å². The summed E-state index contributed by atoms with van der Waals surface area (Å²) in [7, 11) is 4.06. The first kappa shape index (κ1) is 12.8. The highest BCUT2D eigenvalue weighted by Crippen LogP contribution is 2.20. The van der Waals surface area contributed by atoms with Crippen molar-refractivity contribution < 1.29 is 0 Å². The molecule has 3 heteroatoms. The summed E-state index contributed by atoms with van der Waals surface area (Å²) in [5.74, 6) is 0. The molecule has 1 aliphatic rings. The maximum absolute atomic E-state index is 4.41. The van der Waals surface area contributed by atoms with E-state index in [0.29, 0.717) is 6.04 Å². The van der Waals surface area contributed by atoms with Crippen LogP contribution in [0.1, 0.15) is 32.1 Å². The maximum atomic E-state index is 4.41. The topological polar surface area (TPSA) is 28.0 Å². The van der Waals surface area contributed by atoms with Crippen LogP contribution >= 0.6 is 0 Å². The van der Waals surface area contributed by atoms with Gasteiger partial charge in [0.05, 0.1) is 17.7 Å². The monoisotopic (exact) mass is 243 g/mol. The van der Waals surface area contributed by atoms with Crippen LogP contribution in [-0.2, 0) is 0 Å². The zero-order chi connectivity index (χ0) is 12.8. The molecule has 1 aromatic carbocycles. The number of nitrogens with zero attached hydrogens (tertiary/aromatic N) is 3. The molecule has 1 aliphatic carbocycles. The average molecular weight is 243 g/mol. The van der Waals surface area contributed by atoms with E-state index in [9.17, 15) is 0 Å². The average Bonchev–Trinajstić information content (AvgIpc) is 2.40. The summed E-state index contributed by atoms with van der Waals surface area (Å²) in [4.78, 5) is 10.7. The third-order valence-corrected chi connectivity index (χ3v) is 3.36. The van der Waals surface area contributed by atoms with Gasteiger partial charge in [-0.15, -0.1) is 0 Å². The Bertz CT molecular complexity index is 422. The number of anilines is 1. The molecular weight excluding hydrogens is 222 g/mol. The molecule has 0 heterocycles. The van der Waals surface area contributed by atoms with E-state index in [0.717, 1.165) is 5.69 Å². The van der Waals surface area contributed by atoms with E-state index in [4.69, 9.17) is 0 Å². The largest absolute Gasteiger partial charge is 0.378 e. The Morgan fingerprint density at radius 3 is 2.33 bits per heavy atom. The fraction of sp³-hybridized carbons (Fsp3) is 0.533. The number of hydrogen-bond donors (Lipinski definition) is 0. The highest BCUT2D eigenvalue weighted by atomic mass is 15.1. The Balaban J connectivity index is 1.97. The minimum Gasteiger partial charge on any atom is -0.378 e. The van der Waals surface area contributed by atoms with Gasteiger partial charge in [0.2, 0.25) is 0 Å². The van der Waals surface area contributed by atoms with Crippen molar-refractivity contribution >= 4 is 17.4 Å². The molecule has 1 fully saturated rings. The second kappa shape index (κ2) is 6.36. The summed E-state index contributed by atoms with van der Waals surface area (Å²) >= 11 is 0. The van der Waals surface area contributed by atoms with Crippen molar-refractivity contribution in [2.24, 2.45) is 9.98 Å². The smallest absolute Gasteiger partial charge is 0.0951 e. The summed E-state index contributed by atoms with van der Waals surface area (Å²) in [5.41, 5.74) is 2.10. The van der Waals surface area contributed by atoms with Crippen LogP contribution in [0.15, 0.2) is 34.3 Å². The summed E-state index contributed by atoms with van der Waals surface area (Å²) in [6, 6.07) is 11.4. The van der Waals surface area contributed by atoms with E-state index in [1.54, 1.807) is 0 Å². The van der Waals surface area contributed by atoms with Crippen LogP contribution in [0, 0.1) is 0 Å². The van der Waals surface area contributed by atoms with Gasteiger partial charge in [0.15, 0.2) is 0 Å². The van der Waals surface area contributed by atoms with Crippen molar-refractivity contribution in [1.29, 1.82) is 0 Å². The zero-order valence-corrected chi connectivity index (χ0v) is 11.3. The molecule has 96 valence electrons. The van der Waals surface area contributed by atoms with E-state index in [1.807, 2.05) is 26.2 Å². The maximum Gasteiger partial charge on any atom is 0.0951 e. The van der Waals surface area contributed by atoms with Gasteiger partial charge in [-0.2, -0.15) is 4.99 Å². The van der Waals surface area contributed by atoms with Gasteiger partial charge in [0, 0.05) is 19.8 Å². The standard InChI is InChI=1S/C15H21N3/c1-18(2)15-10-8-14(9-11-15)17-12-16-13-6-4-3-5-7-13/h8-11,13H,3-7H2,1-2H3. The van der Waals surface area contributed by atoms with E-state index in [-0.39, 0.29) is 0 Å². The van der Waals surface area contributed by atoms with Crippen LogP contribution < -0.4 is 4.90 Å². The van der Waals surface area contributed by atoms with Crippen LogP contribution in [0.3, 0.4) is 0 Å². The van der Waals surface area contributed by atoms with Crippen LogP contribution in [0.4, 0.5) is 11.4 Å². The van der Waals surface area contributed by atoms with Crippen molar-refractivity contribution in [3.05, 3.63) is 24.3 Å². The molecule has 0 N–H and O–H groups in total. The molecule has 0 spiro atoms. The van der Waals surface area contributed by atoms with Gasteiger partial charge < -0.3 is 4.90 Å². The molecule has 0 amide bonds. The third-order valence-electron chi connectivity index (χ3n) is 3.36. The molecule has 0 aliphatic heterocycles. The lowest BCUT2D eigenvalue weighted by Gasteiger charge is -2.15. The van der Waals surface area contributed by atoms with Crippen LogP contribution in [0.2, 0.25) is 0 Å². The van der Waals surface area contributed by atoms with Gasteiger partial charge in [-0.1, -0.05) is 19.3 Å². The summed E-state index contributed by atoms with van der Waals surface area (Å²) in [5, 5.41) is 0. The molecule has 3 nitrogen and oxygen atoms in total. The van der Waals surface area contributed by atoms with Gasteiger partial charge in [-0.05, 0) is 37.1 Å². The van der Waals surface area contributed by atoms with Crippen molar-refractivity contribution in [2.45, 2.75) is 38.1 Å². The molecule has 1 saturated carbocycles. The fourth-order valence-electron chi connectivity index (χ4n) is 2.20. The highest BCUT2D eigenvalue weighted by molar-refractivity contribution is 5.57. The molecule has 0 bridgehead atoms. The Labute approximate surface area is 109 Å². The van der Waals surface area contributed by atoms with Crippen LogP contribution in [0.5, 0.6) is 0 Å². The SMILES string of the molecule is CN(C)c1ccc(N=C=NC2CCCCC2)cc1. The second-order valence-electron chi connectivity index (χ2n) is 5.04. The first-order chi connectivity index (χ1) is 8.75. The van der Waals surface area contributed by atoms with Crippen molar-refractivity contribution in [3.8, 4) is 0 Å². The Kier molecular flexibility index (Phi) is 4.54. The fourth-order valence-corrected chi connectivity index (χ4v) is 2.20. The Hall–Kier alpha value is -1.60. The van der Waals surface area contributed by atoms with Crippen molar-refractivity contribution in [2.75, 3.05) is 19.0 Å². The minimum absolute atomic E-state index is 0.448. The number of benzene rings is 1.